The molecule has 112 valence electrons. The van der Waals surface area contributed by atoms with Crippen LogP contribution in [-0.2, 0) is 12.8 Å². The molecular formula is C17H22FN3. The van der Waals surface area contributed by atoms with Crippen LogP contribution < -0.4 is 5.32 Å². The van der Waals surface area contributed by atoms with Crippen molar-refractivity contribution < 1.29 is 4.39 Å². The highest BCUT2D eigenvalue weighted by Crippen LogP contribution is 2.14. The Kier molecular flexibility index (Phi) is 5.26. The molecule has 1 aromatic carbocycles. The average molecular weight is 287 g/mol. The van der Waals surface area contributed by atoms with Crippen molar-refractivity contribution in [3.05, 3.63) is 53.2 Å². The van der Waals surface area contributed by atoms with Gasteiger partial charge in [0.05, 0.1) is 0 Å². The van der Waals surface area contributed by atoms with Gasteiger partial charge in [0.2, 0.25) is 0 Å². The Bertz CT molecular complexity index is 579. The highest BCUT2D eigenvalue weighted by atomic mass is 19.1. The first-order valence-corrected chi connectivity index (χ1v) is 7.42. The zero-order valence-corrected chi connectivity index (χ0v) is 12.9. The molecule has 2 aromatic rings. The summed E-state index contributed by atoms with van der Waals surface area (Å²) < 4.78 is 13.0. The van der Waals surface area contributed by atoms with Crippen LogP contribution in [0.3, 0.4) is 0 Å². The average Bonchev–Trinajstić information content (AvgIpc) is 2.41. The van der Waals surface area contributed by atoms with E-state index in [-0.39, 0.29) is 5.82 Å². The molecule has 0 radical (unpaired) electrons. The highest BCUT2D eigenvalue weighted by Gasteiger charge is 2.07. The number of aromatic nitrogens is 2. The van der Waals surface area contributed by atoms with Gasteiger partial charge in [0, 0.05) is 24.7 Å². The Balaban J connectivity index is 2.24. The molecule has 1 N–H and O–H groups in total. The summed E-state index contributed by atoms with van der Waals surface area (Å²) in [5, 5.41) is 3.25. The zero-order chi connectivity index (χ0) is 15.2. The van der Waals surface area contributed by atoms with Gasteiger partial charge >= 0.3 is 0 Å². The van der Waals surface area contributed by atoms with Gasteiger partial charge in [0.25, 0.3) is 0 Å². The molecule has 0 aliphatic heterocycles. The molecule has 3 nitrogen and oxygen atoms in total. The molecule has 0 fully saturated rings. The zero-order valence-electron chi connectivity index (χ0n) is 12.9. The molecule has 0 unspecified atom stereocenters. The van der Waals surface area contributed by atoms with Gasteiger partial charge in [-0.3, -0.25) is 0 Å². The molecular weight excluding hydrogens is 265 g/mol. The van der Waals surface area contributed by atoms with Gasteiger partial charge in [-0.2, -0.15) is 0 Å². The molecule has 1 aromatic heterocycles. The summed E-state index contributed by atoms with van der Waals surface area (Å²) in [6, 6.07) is 8.51. The fraction of sp³-hybridized carbons (Fsp3) is 0.412. The van der Waals surface area contributed by atoms with Gasteiger partial charge in [0.15, 0.2) is 0 Å². The lowest BCUT2D eigenvalue weighted by atomic mass is 10.1. The van der Waals surface area contributed by atoms with E-state index in [4.69, 9.17) is 0 Å². The first-order chi connectivity index (χ1) is 10.1. The van der Waals surface area contributed by atoms with Crippen molar-refractivity contribution in [2.24, 2.45) is 5.92 Å². The van der Waals surface area contributed by atoms with Crippen LogP contribution in [0.5, 0.6) is 0 Å². The van der Waals surface area contributed by atoms with Crippen molar-refractivity contribution in [3.8, 4) is 0 Å². The number of nitrogens with one attached hydrogen (secondary N) is 1. The maximum Gasteiger partial charge on any atom is 0.135 e. The fourth-order valence-electron chi connectivity index (χ4n) is 2.21. The molecule has 0 amide bonds. The van der Waals surface area contributed by atoms with Crippen LogP contribution in [-0.4, -0.2) is 16.5 Å². The fourth-order valence-corrected chi connectivity index (χ4v) is 2.21. The van der Waals surface area contributed by atoms with Crippen LogP contribution in [0, 0.1) is 11.7 Å². The summed E-state index contributed by atoms with van der Waals surface area (Å²) in [5.41, 5.74) is 2.06. The number of hydrogen-bond donors (Lipinski definition) is 1. The summed E-state index contributed by atoms with van der Waals surface area (Å²) in [7, 11) is 0. The number of nitrogens with zero attached hydrogens (tertiary/aromatic N) is 2. The molecule has 2 rings (SSSR count). The molecule has 21 heavy (non-hydrogen) atoms. The minimum atomic E-state index is -0.221. The molecule has 4 heteroatoms. The van der Waals surface area contributed by atoms with E-state index >= 15 is 0 Å². The van der Waals surface area contributed by atoms with Crippen LogP contribution in [0.4, 0.5) is 10.2 Å². The van der Waals surface area contributed by atoms with Crippen LogP contribution >= 0.6 is 0 Å². The van der Waals surface area contributed by atoms with E-state index in [1.807, 2.05) is 13.0 Å². The van der Waals surface area contributed by atoms with Crippen LogP contribution in [0.1, 0.15) is 37.9 Å². The lowest BCUT2D eigenvalue weighted by molar-refractivity contribution is 0.626. The molecule has 0 aliphatic carbocycles. The van der Waals surface area contributed by atoms with Crippen LogP contribution in [0.2, 0.25) is 0 Å². The highest BCUT2D eigenvalue weighted by molar-refractivity contribution is 5.37. The lowest BCUT2D eigenvalue weighted by Crippen LogP contribution is -2.08. The van der Waals surface area contributed by atoms with Crippen molar-refractivity contribution in [1.29, 1.82) is 0 Å². The summed E-state index contributed by atoms with van der Waals surface area (Å²) in [4.78, 5) is 9.16. The summed E-state index contributed by atoms with van der Waals surface area (Å²) in [5.74, 6) is 1.96. The molecule has 0 saturated heterocycles. The van der Waals surface area contributed by atoms with Gasteiger partial charge in [-0.15, -0.1) is 0 Å². The summed E-state index contributed by atoms with van der Waals surface area (Å²) in [6.45, 7) is 7.22. The van der Waals surface area contributed by atoms with Gasteiger partial charge < -0.3 is 5.32 Å². The minimum absolute atomic E-state index is 0.221. The first-order valence-electron chi connectivity index (χ1n) is 7.42. The molecule has 0 atom stereocenters. The Morgan fingerprint density at radius 3 is 2.48 bits per heavy atom. The number of halogens is 1. The lowest BCUT2D eigenvalue weighted by Gasteiger charge is -2.10. The second-order valence-electron chi connectivity index (χ2n) is 5.59. The van der Waals surface area contributed by atoms with E-state index in [1.54, 1.807) is 12.1 Å². The van der Waals surface area contributed by atoms with E-state index in [2.05, 4.69) is 29.1 Å². The quantitative estimate of drug-likeness (QED) is 0.877. The van der Waals surface area contributed by atoms with Crippen molar-refractivity contribution in [1.82, 2.24) is 9.97 Å². The Morgan fingerprint density at radius 2 is 1.86 bits per heavy atom. The maximum atomic E-state index is 13.0. The number of rotatable bonds is 6. The van der Waals surface area contributed by atoms with E-state index in [0.29, 0.717) is 12.3 Å². The Hall–Kier alpha value is -1.97. The third-order valence-electron chi connectivity index (χ3n) is 3.08. The third kappa shape index (κ3) is 4.81. The SMILES string of the molecule is CCNc1cc(CC(C)C)nc(Cc2ccc(F)cc2)n1. The molecule has 1 heterocycles. The topological polar surface area (TPSA) is 37.8 Å². The second kappa shape index (κ2) is 7.16. The Labute approximate surface area is 125 Å². The van der Waals surface area contributed by atoms with Crippen molar-refractivity contribution in [2.45, 2.75) is 33.6 Å². The molecule has 0 aliphatic rings. The second-order valence-corrected chi connectivity index (χ2v) is 5.59. The predicted octanol–water partition coefficient (Wildman–Crippen LogP) is 3.84. The monoisotopic (exact) mass is 287 g/mol. The van der Waals surface area contributed by atoms with Crippen LogP contribution in [0.25, 0.3) is 0 Å². The van der Waals surface area contributed by atoms with E-state index < -0.39 is 0 Å². The van der Waals surface area contributed by atoms with E-state index in [1.165, 1.54) is 12.1 Å². The standard InChI is InChI=1S/C17H22FN3/c1-4-19-16-11-15(9-12(2)3)20-17(21-16)10-13-5-7-14(18)8-6-13/h5-8,11-12H,4,9-10H2,1-3H3,(H,19,20,21). The molecule has 0 saturated carbocycles. The third-order valence-corrected chi connectivity index (χ3v) is 3.08. The van der Waals surface area contributed by atoms with E-state index in [9.17, 15) is 4.39 Å². The Morgan fingerprint density at radius 1 is 1.14 bits per heavy atom. The summed E-state index contributed by atoms with van der Waals surface area (Å²) in [6.07, 6.45) is 1.54. The number of benzene rings is 1. The van der Waals surface area contributed by atoms with Gasteiger partial charge in [0.1, 0.15) is 17.5 Å². The van der Waals surface area contributed by atoms with Gasteiger partial charge in [-0.1, -0.05) is 26.0 Å². The smallest absolute Gasteiger partial charge is 0.135 e. The normalized spacial score (nSPS) is 10.9. The van der Waals surface area contributed by atoms with Crippen molar-refractivity contribution in [3.63, 3.8) is 0 Å². The van der Waals surface area contributed by atoms with Crippen LogP contribution in [0.15, 0.2) is 30.3 Å². The summed E-state index contributed by atoms with van der Waals surface area (Å²) >= 11 is 0. The molecule has 0 bridgehead atoms. The largest absolute Gasteiger partial charge is 0.370 e. The predicted molar refractivity (Wildman–Crippen MR) is 83.9 cm³/mol. The number of anilines is 1. The first kappa shape index (κ1) is 15.4. The van der Waals surface area contributed by atoms with Crippen molar-refractivity contribution in [2.75, 3.05) is 11.9 Å². The number of hydrogen-bond acceptors (Lipinski definition) is 3. The minimum Gasteiger partial charge on any atom is -0.370 e. The molecule has 0 spiro atoms. The van der Waals surface area contributed by atoms with E-state index in [0.717, 1.165) is 35.9 Å². The van der Waals surface area contributed by atoms with Gasteiger partial charge in [-0.25, -0.2) is 14.4 Å². The maximum absolute atomic E-state index is 13.0. The van der Waals surface area contributed by atoms with Gasteiger partial charge in [-0.05, 0) is 37.0 Å². The van der Waals surface area contributed by atoms with Crippen molar-refractivity contribution >= 4 is 5.82 Å².